The molecule has 0 spiro atoms. The van der Waals surface area contributed by atoms with Crippen molar-refractivity contribution in [3.05, 3.63) is 0 Å². The van der Waals surface area contributed by atoms with E-state index in [1.807, 2.05) is 0 Å². The van der Waals surface area contributed by atoms with E-state index >= 15 is 0 Å². The molecule has 1 fully saturated rings. The molecule has 0 bridgehead atoms. The van der Waals surface area contributed by atoms with Crippen LogP contribution in [0.4, 0.5) is 4.79 Å². The predicted octanol–water partition coefficient (Wildman–Crippen LogP) is -1.55. The van der Waals surface area contributed by atoms with Crippen molar-refractivity contribution in [1.82, 2.24) is 15.5 Å². The van der Waals surface area contributed by atoms with Crippen molar-refractivity contribution in [2.75, 3.05) is 39.4 Å². The molecule has 2 atom stereocenters. The highest BCUT2D eigenvalue weighted by Gasteiger charge is 2.24. The Morgan fingerprint density at radius 2 is 2.00 bits per heavy atom. The summed E-state index contributed by atoms with van der Waals surface area (Å²) in [5.41, 5.74) is 0. The number of hydrogen-bond acceptors (Lipinski definition) is 5. The highest BCUT2D eigenvalue weighted by Crippen LogP contribution is 1.95. The number of aliphatic hydroxyl groups is 1. The van der Waals surface area contributed by atoms with Gasteiger partial charge in [-0.3, -0.25) is 4.90 Å². The average Bonchev–Trinajstić information content (AvgIpc) is 2.36. The van der Waals surface area contributed by atoms with E-state index in [2.05, 4.69) is 15.5 Å². The topological polar surface area (TPSA) is 111 Å². The van der Waals surface area contributed by atoms with Crippen LogP contribution in [0.15, 0.2) is 0 Å². The summed E-state index contributed by atoms with van der Waals surface area (Å²) in [7, 11) is 0. The first-order valence-corrected chi connectivity index (χ1v) is 6.26. The molecule has 110 valence electrons. The molecule has 0 aromatic carbocycles. The number of ether oxygens (including phenoxy) is 1. The molecule has 4 N–H and O–H groups in total. The second-order valence-corrected chi connectivity index (χ2v) is 4.41. The summed E-state index contributed by atoms with van der Waals surface area (Å²) >= 11 is 0. The third-order valence-corrected chi connectivity index (χ3v) is 2.85. The minimum absolute atomic E-state index is 0.415. The minimum Gasteiger partial charge on any atom is -0.480 e. The van der Waals surface area contributed by atoms with Gasteiger partial charge in [-0.25, -0.2) is 9.59 Å². The van der Waals surface area contributed by atoms with Crippen molar-refractivity contribution in [1.29, 1.82) is 0 Å². The van der Waals surface area contributed by atoms with Gasteiger partial charge in [-0.1, -0.05) is 0 Å². The van der Waals surface area contributed by atoms with E-state index in [9.17, 15) is 14.7 Å². The number of carbonyl (C=O) groups is 2. The monoisotopic (exact) mass is 275 g/mol. The fourth-order valence-corrected chi connectivity index (χ4v) is 1.73. The Morgan fingerprint density at radius 1 is 1.37 bits per heavy atom. The number of nitrogens with zero attached hydrogens (tertiary/aromatic N) is 1. The highest BCUT2D eigenvalue weighted by molar-refractivity contribution is 5.82. The Balaban J connectivity index is 2.21. The summed E-state index contributed by atoms with van der Waals surface area (Å²) in [5.74, 6) is -1.27. The molecule has 1 aliphatic rings. The van der Waals surface area contributed by atoms with Gasteiger partial charge in [0.25, 0.3) is 0 Å². The molecule has 1 saturated heterocycles. The zero-order valence-corrected chi connectivity index (χ0v) is 11.0. The maximum Gasteiger partial charge on any atom is 0.328 e. The molecule has 8 heteroatoms. The van der Waals surface area contributed by atoms with Crippen molar-refractivity contribution in [2.45, 2.75) is 19.1 Å². The second-order valence-electron chi connectivity index (χ2n) is 4.41. The third-order valence-electron chi connectivity index (χ3n) is 2.85. The fourth-order valence-electron chi connectivity index (χ4n) is 1.73. The standard InChI is InChI=1S/C11H21N3O5/c1-8(15)9(10(16)17)13-11(18)12-2-3-14-4-6-19-7-5-14/h8-9,15H,2-7H2,1H3,(H,16,17)(H2,12,13,18). The first-order chi connectivity index (χ1) is 9.00. The van der Waals surface area contributed by atoms with E-state index in [0.717, 1.165) is 13.1 Å². The van der Waals surface area contributed by atoms with Gasteiger partial charge in [0.15, 0.2) is 6.04 Å². The molecular weight excluding hydrogens is 254 g/mol. The molecule has 1 heterocycles. The molecule has 8 nitrogen and oxygen atoms in total. The van der Waals surface area contributed by atoms with E-state index in [0.29, 0.717) is 26.3 Å². The number of carboxylic acid groups (broad SMARTS) is 1. The summed E-state index contributed by atoms with van der Waals surface area (Å²) in [5, 5.41) is 22.8. The Hall–Kier alpha value is -1.38. The van der Waals surface area contributed by atoms with Gasteiger partial charge in [0.05, 0.1) is 19.3 Å². The van der Waals surface area contributed by atoms with E-state index in [1.165, 1.54) is 6.92 Å². The molecule has 1 rings (SSSR count). The Labute approximate surface area is 111 Å². The van der Waals surface area contributed by atoms with E-state index in [1.54, 1.807) is 0 Å². The third kappa shape index (κ3) is 5.86. The van der Waals surface area contributed by atoms with Gasteiger partial charge in [0, 0.05) is 26.2 Å². The lowest BCUT2D eigenvalue weighted by atomic mass is 10.2. The number of aliphatic carboxylic acids is 1. The molecule has 0 aromatic rings. The predicted molar refractivity (Wildman–Crippen MR) is 66.9 cm³/mol. The average molecular weight is 275 g/mol. The number of urea groups is 1. The van der Waals surface area contributed by atoms with E-state index in [-0.39, 0.29) is 0 Å². The Bertz CT molecular complexity index is 305. The quantitative estimate of drug-likeness (QED) is 0.467. The lowest BCUT2D eigenvalue weighted by Gasteiger charge is -2.26. The van der Waals surface area contributed by atoms with Crippen molar-refractivity contribution in [2.24, 2.45) is 0 Å². The summed E-state index contributed by atoms with van der Waals surface area (Å²) in [4.78, 5) is 24.4. The van der Waals surface area contributed by atoms with Crippen LogP contribution >= 0.6 is 0 Å². The Kier molecular flexibility index (Phi) is 6.54. The van der Waals surface area contributed by atoms with Crippen LogP contribution in [0.25, 0.3) is 0 Å². The van der Waals surface area contributed by atoms with Crippen molar-refractivity contribution >= 4 is 12.0 Å². The van der Waals surface area contributed by atoms with Crippen molar-refractivity contribution in [3.63, 3.8) is 0 Å². The largest absolute Gasteiger partial charge is 0.480 e. The number of carboxylic acids is 1. The van der Waals surface area contributed by atoms with Crippen LogP contribution in [0.3, 0.4) is 0 Å². The summed E-state index contributed by atoms with van der Waals surface area (Å²) in [6, 6.07) is -1.90. The number of rotatable bonds is 6. The fraction of sp³-hybridized carbons (Fsp3) is 0.818. The molecular formula is C11H21N3O5. The van der Waals surface area contributed by atoms with E-state index < -0.39 is 24.1 Å². The van der Waals surface area contributed by atoms with Crippen LogP contribution in [0.2, 0.25) is 0 Å². The van der Waals surface area contributed by atoms with Crippen LogP contribution in [0, 0.1) is 0 Å². The van der Waals surface area contributed by atoms with Crippen LogP contribution in [-0.2, 0) is 9.53 Å². The van der Waals surface area contributed by atoms with E-state index in [4.69, 9.17) is 9.84 Å². The maximum absolute atomic E-state index is 11.5. The lowest BCUT2D eigenvalue weighted by molar-refractivity contribution is -0.141. The molecule has 1 aliphatic heterocycles. The molecule has 0 aliphatic carbocycles. The van der Waals surface area contributed by atoms with Gasteiger partial charge >= 0.3 is 12.0 Å². The number of carbonyl (C=O) groups excluding carboxylic acids is 1. The summed E-state index contributed by atoms with van der Waals surface area (Å²) in [6.45, 7) is 5.45. The lowest BCUT2D eigenvalue weighted by Crippen LogP contribution is -2.52. The smallest absolute Gasteiger partial charge is 0.328 e. The number of hydrogen-bond donors (Lipinski definition) is 4. The van der Waals surface area contributed by atoms with Crippen LogP contribution in [0.5, 0.6) is 0 Å². The SMILES string of the molecule is CC(O)C(NC(=O)NCCN1CCOCC1)C(=O)O. The Morgan fingerprint density at radius 3 is 2.53 bits per heavy atom. The highest BCUT2D eigenvalue weighted by atomic mass is 16.5. The number of aliphatic hydroxyl groups excluding tert-OH is 1. The number of nitrogens with one attached hydrogen (secondary N) is 2. The molecule has 2 amide bonds. The van der Waals surface area contributed by atoms with Gasteiger partial charge in [-0.05, 0) is 6.92 Å². The number of morpholine rings is 1. The van der Waals surface area contributed by atoms with Gasteiger partial charge in [0.2, 0.25) is 0 Å². The van der Waals surface area contributed by atoms with Crippen LogP contribution < -0.4 is 10.6 Å². The molecule has 2 unspecified atom stereocenters. The van der Waals surface area contributed by atoms with Crippen molar-refractivity contribution < 1.29 is 24.5 Å². The van der Waals surface area contributed by atoms with Gasteiger partial charge < -0.3 is 25.6 Å². The first-order valence-electron chi connectivity index (χ1n) is 6.26. The number of amides is 2. The molecule has 0 aromatic heterocycles. The first kappa shape index (κ1) is 15.7. The van der Waals surface area contributed by atoms with Crippen molar-refractivity contribution in [3.8, 4) is 0 Å². The van der Waals surface area contributed by atoms with Crippen LogP contribution in [0.1, 0.15) is 6.92 Å². The normalized spacial score (nSPS) is 19.5. The van der Waals surface area contributed by atoms with Gasteiger partial charge in [-0.15, -0.1) is 0 Å². The molecule has 0 radical (unpaired) electrons. The van der Waals surface area contributed by atoms with Crippen LogP contribution in [-0.4, -0.2) is 78.7 Å². The zero-order valence-electron chi connectivity index (χ0n) is 11.0. The molecule has 0 saturated carbocycles. The van der Waals surface area contributed by atoms with Gasteiger partial charge in [-0.2, -0.15) is 0 Å². The van der Waals surface area contributed by atoms with Gasteiger partial charge in [0.1, 0.15) is 0 Å². The zero-order chi connectivity index (χ0) is 14.3. The second kappa shape index (κ2) is 7.93. The molecule has 19 heavy (non-hydrogen) atoms. The minimum atomic E-state index is -1.30. The maximum atomic E-state index is 11.5. The summed E-state index contributed by atoms with van der Waals surface area (Å²) in [6.07, 6.45) is -1.15. The summed E-state index contributed by atoms with van der Waals surface area (Å²) < 4.78 is 5.20.